The SMILES string of the molecule is O=C(NC1CCCc2c1cnn2Cc1ccccc1)c1ccc2nncn2c1. The number of carbonyl (C=O) groups is 1. The van der Waals surface area contributed by atoms with Crippen molar-refractivity contribution in [3.05, 3.63) is 83.6 Å². The van der Waals surface area contributed by atoms with Crippen molar-refractivity contribution in [3.8, 4) is 0 Å². The highest BCUT2D eigenvalue weighted by Gasteiger charge is 2.26. The molecule has 1 aliphatic carbocycles. The van der Waals surface area contributed by atoms with Gasteiger partial charge in [0.05, 0.1) is 24.3 Å². The minimum Gasteiger partial charge on any atom is -0.345 e. The topological polar surface area (TPSA) is 77.1 Å². The summed E-state index contributed by atoms with van der Waals surface area (Å²) in [6.07, 6.45) is 8.20. The van der Waals surface area contributed by atoms with Gasteiger partial charge in [-0.1, -0.05) is 30.3 Å². The van der Waals surface area contributed by atoms with Crippen LogP contribution in [0.1, 0.15) is 46.1 Å². The van der Waals surface area contributed by atoms with Crippen LogP contribution in [0.15, 0.2) is 61.2 Å². The monoisotopic (exact) mass is 372 g/mol. The number of benzene rings is 1. The first-order valence-electron chi connectivity index (χ1n) is 9.47. The van der Waals surface area contributed by atoms with E-state index in [1.54, 1.807) is 29.1 Å². The lowest BCUT2D eigenvalue weighted by atomic mass is 9.92. The number of nitrogens with one attached hydrogen (secondary N) is 1. The highest BCUT2D eigenvalue weighted by atomic mass is 16.1. The van der Waals surface area contributed by atoms with Crippen molar-refractivity contribution in [1.29, 1.82) is 0 Å². The fourth-order valence-corrected chi connectivity index (χ4v) is 3.86. The molecule has 1 aromatic carbocycles. The summed E-state index contributed by atoms with van der Waals surface area (Å²) in [6, 6.07) is 13.9. The average Bonchev–Trinajstić information content (AvgIpc) is 3.36. The zero-order chi connectivity index (χ0) is 18.9. The van der Waals surface area contributed by atoms with Gasteiger partial charge in [0.15, 0.2) is 5.65 Å². The van der Waals surface area contributed by atoms with E-state index >= 15 is 0 Å². The molecule has 1 N–H and O–H groups in total. The Morgan fingerprint density at radius 2 is 2.07 bits per heavy atom. The lowest BCUT2D eigenvalue weighted by molar-refractivity contribution is 0.0932. The molecule has 0 fully saturated rings. The number of amides is 1. The largest absolute Gasteiger partial charge is 0.345 e. The molecule has 0 saturated heterocycles. The van der Waals surface area contributed by atoms with E-state index in [1.807, 2.05) is 24.4 Å². The lowest BCUT2D eigenvalue weighted by Crippen LogP contribution is -2.31. The van der Waals surface area contributed by atoms with E-state index in [-0.39, 0.29) is 11.9 Å². The molecule has 3 aromatic heterocycles. The van der Waals surface area contributed by atoms with Gasteiger partial charge in [0.1, 0.15) is 6.33 Å². The Morgan fingerprint density at radius 3 is 2.96 bits per heavy atom. The molecule has 0 bridgehead atoms. The summed E-state index contributed by atoms with van der Waals surface area (Å²) in [6.45, 7) is 0.751. The first kappa shape index (κ1) is 16.7. The van der Waals surface area contributed by atoms with Crippen LogP contribution < -0.4 is 5.32 Å². The van der Waals surface area contributed by atoms with Gasteiger partial charge in [-0.25, -0.2) is 0 Å². The molecule has 4 aromatic rings. The van der Waals surface area contributed by atoms with Crippen LogP contribution in [0.5, 0.6) is 0 Å². The minimum atomic E-state index is -0.0933. The zero-order valence-corrected chi connectivity index (χ0v) is 15.3. The van der Waals surface area contributed by atoms with Crippen molar-refractivity contribution in [3.63, 3.8) is 0 Å². The second kappa shape index (κ2) is 6.92. The molecular weight excluding hydrogens is 352 g/mol. The number of nitrogens with zero attached hydrogens (tertiary/aromatic N) is 5. The standard InChI is InChI=1S/C21H20N6O/c28-21(16-9-10-20-25-22-14-26(20)13-16)24-18-7-4-8-19-17(18)11-23-27(19)12-15-5-2-1-3-6-15/h1-3,5-6,9-11,13-14,18H,4,7-8,12H2,(H,24,28). The van der Waals surface area contributed by atoms with Gasteiger partial charge in [-0.05, 0) is 37.0 Å². The molecule has 5 rings (SSSR count). The maximum Gasteiger partial charge on any atom is 0.253 e. The summed E-state index contributed by atoms with van der Waals surface area (Å²) in [5.74, 6) is -0.0933. The van der Waals surface area contributed by atoms with E-state index in [0.29, 0.717) is 5.56 Å². The quantitative estimate of drug-likeness (QED) is 0.598. The van der Waals surface area contributed by atoms with Gasteiger partial charge in [-0.2, -0.15) is 5.10 Å². The lowest BCUT2D eigenvalue weighted by Gasteiger charge is -2.24. The Balaban J connectivity index is 1.37. The predicted octanol–water partition coefficient (Wildman–Crippen LogP) is 2.78. The summed E-state index contributed by atoms with van der Waals surface area (Å²) in [5.41, 5.74) is 4.88. The molecule has 0 saturated carbocycles. The Morgan fingerprint density at radius 1 is 1.18 bits per heavy atom. The van der Waals surface area contributed by atoms with Crippen molar-refractivity contribution < 1.29 is 4.79 Å². The molecule has 7 nitrogen and oxygen atoms in total. The zero-order valence-electron chi connectivity index (χ0n) is 15.3. The summed E-state index contributed by atoms with van der Waals surface area (Å²) in [5, 5.41) is 15.6. The molecule has 0 radical (unpaired) electrons. The van der Waals surface area contributed by atoms with Crippen LogP contribution in [0.25, 0.3) is 5.65 Å². The molecule has 7 heteroatoms. The van der Waals surface area contributed by atoms with Crippen molar-refractivity contribution >= 4 is 11.6 Å². The van der Waals surface area contributed by atoms with Crippen LogP contribution in [-0.2, 0) is 13.0 Å². The van der Waals surface area contributed by atoms with E-state index in [4.69, 9.17) is 0 Å². The number of fused-ring (bicyclic) bond motifs is 2. The summed E-state index contributed by atoms with van der Waals surface area (Å²) in [4.78, 5) is 12.8. The normalized spacial score (nSPS) is 16.1. The van der Waals surface area contributed by atoms with E-state index < -0.39 is 0 Å². The molecule has 3 heterocycles. The fourth-order valence-electron chi connectivity index (χ4n) is 3.86. The summed E-state index contributed by atoms with van der Waals surface area (Å²) >= 11 is 0. The molecule has 1 unspecified atom stereocenters. The smallest absolute Gasteiger partial charge is 0.253 e. The summed E-state index contributed by atoms with van der Waals surface area (Å²) < 4.78 is 3.81. The van der Waals surface area contributed by atoms with Gasteiger partial charge < -0.3 is 5.32 Å². The molecule has 1 aliphatic rings. The van der Waals surface area contributed by atoms with Crippen LogP contribution >= 0.6 is 0 Å². The van der Waals surface area contributed by atoms with Gasteiger partial charge in [-0.3, -0.25) is 13.9 Å². The maximum absolute atomic E-state index is 12.8. The van der Waals surface area contributed by atoms with Gasteiger partial charge in [0, 0.05) is 17.5 Å². The van der Waals surface area contributed by atoms with Crippen molar-refractivity contribution in [1.82, 2.24) is 29.7 Å². The van der Waals surface area contributed by atoms with E-state index in [9.17, 15) is 4.79 Å². The Bertz CT molecular complexity index is 1130. The third-order valence-corrected chi connectivity index (χ3v) is 5.30. The second-order valence-corrected chi connectivity index (χ2v) is 7.12. The Labute approximate surface area is 162 Å². The average molecular weight is 372 g/mol. The minimum absolute atomic E-state index is 0.0163. The number of aromatic nitrogens is 5. The van der Waals surface area contributed by atoms with Gasteiger partial charge in [0.25, 0.3) is 5.91 Å². The number of rotatable bonds is 4. The third kappa shape index (κ3) is 3.05. The highest BCUT2D eigenvalue weighted by Crippen LogP contribution is 2.30. The van der Waals surface area contributed by atoms with E-state index in [0.717, 1.165) is 37.0 Å². The molecule has 0 aliphatic heterocycles. The van der Waals surface area contributed by atoms with Crippen molar-refractivity contribution in [2.24, 2.45) is 0 Å². The maximum atomic E-state index is 12.8. The molecule has 1 atom stereocenters. The second-order valence-electron chi connectivity index (χ2n) is 7.12. The fraction of sp³-hybridized carbons (Fsp3) is 0.238. The molecule has 28 heavy (non-hydrogen) atoms. The number of hydrogen-bond donors (Lipinski definition) is 1. The van der Waals surface area contributed by atoms with Crippen LogP contribution in [0.4, 0.5) is 0 Å². The molecule has 0 spiro atoms. The summed E-state index contributed by atoms with van der Waals surface area (Å²) in [7, 11) is 0. The van der Waals surface area contributed by atoms with E-state index in [2.05, 4.69) is 37.4 Å². The Hall–Kier alpha value is -3.48. The van der Waals surface area contributed by atoms with Gasteiger partial charge in [-0.15, -0.1) is 10.2 Å². The van der Waals surface area contributed by atoms with Gasteiger partial charge >= 0.3 is 0 Å². The van der Waals surface area contributed by atoms with Crippen LogP contribution in [0.2, 0.25) is 0 Å². The van der Waals surface area contributed by atoms with E-state index in [1.165, 1.54) is 11.3 Å². The Kier molecular flexibility index (Phi) is 4.12. The number of pyridine rings is 1. The first-order valence-corrected chi connectivity index (χ1v) is 9.47. The highest BCUT2D eigenvalue weighted by molar-refractivity contribution is 5.94. The van der Waals surface area contributed by atoms with Crippen LogP contribution in [0, 0.1) is 0 Å². The van der Waals surface area contributed by atoms with Crippen LogP contribution in [-0.4, -0.2) is 30.3 Å². The number of carbonyl (C=O) groups excluding carboxylic acids is 1. The molecular formula is C21H20N6O. The number of hydrogen-bond acceptors (Lipinski definition) is 4. The first-order chi connectivity index (χ1) is 13.8. The van der Waals surface area contributed by atoms with Gasteiger partial charge in [0.2, 0.25) is 0 Å². The van der Waals surface area contributed by atoms with Crippen LogP contribution in [0.3, 0.4) is 0 Å². The third-order valence-electron chi connectivity index (χ3n) is 5.30. The molecule has 1 amide bonds. The van der Waals surface area contributed by atoms with Crippen molar-refractivity contribution in [2.45, 2.75) is 31.8 Å². The predicted molar refractivity (Wildman–Crippen MR) is 104 cm³/mol. The van der Waals surface area contributed by atoms with Crippen molar-refractivity contribution in [2.75, 3.05) is 0 Å². The molecule has 140 valence electrons.